The lowest BCUT2D eigenvalue weighted by molar-refractivity contribution is 0.316. The molecular formula is C14H21BrN2O2S. The fraction of sp³-hybridized carbons (Fsp3) is 0.571. The molecule has 4 nitrogen and oxygen atoms in total. The molecular weight excluding hydrogens is 340 g/mol. The monoisotopic (exact) mass is 360 g/mol. The van der Waals surface area contributed by atoms with Crippen LogP contribution in [0.5, 0.6) is 0 Å². The molecule has 0 bridgehead atoms. The highest BCUT2D eigenvalue weighted by Gasteiger charge is 2.23. The number of hydrogen-bond donors (Lipinski definition) is 2. The first kappa shape index (κ1) is 15.9. The summed E-state index contributed by atoms with van der Waals surface area (Å²) < 4.78 is 28.5. The molecule has 0 spiro atoms. The molecule has 2 rings (SSSR count). The molecule has 112 valence electrons. The van der Waals surface area contributed by atoms with Crippen LogP contribution < -0.4 is 10.0 Å². The lowest BCUT2D eigenvalue weighted by Gasteiger charge is -2.25. The Bertz CT molecular complexity index is 583. The van der Waals surface area contributed by atoms with Gasteiger partial charge in [0, 0.05) is 17.6 Å². The molecule has 0 radical (unpaired) electrons. The van der Waals surface area contributed by atoms with Gasteiger partial charge in [-0.1, -0.05) is 22.4 Å². The average Bonchev–Trinajstić information content (AvgIpc) is 2.31. The van der Waals surface area contributed by atoms with E-state index in [-0.39, 0.29) is 0 Å². The Balaban J connectivity index is 2.24. The second-order valence-electron chi connectivity index (χ2n) is 5.38. The SMILES string of the molecule is CNCc1cc(Br)c(C)c(S(=O)(=O)NCC2CCC2)c1. The van der Waals surface area contributed by atoms with Crippen molar-refractivity contribution in [3.63, 3.8) is 0 Å². The molecule has 2 N–H and O–H groups in total. The van der Waals surface area contributed by atoms with Crippen molar-refractivity contribution in [1.29, 1.82) is 0 Å². The normalized spacial score (nSPS) is 16.1. The maximum absolute atomic E-state index is 12.5. The van der Waals surface area contributed by atoms with Crippen molar-refractivity contribution >= 4 is 26.0 Å². The van der Waals surface area contributed by atoms with Crippen molar-refractivity contribution in [1.82, 2.24) is 10.0 Å². The summed E-state index contributed by atoms with van der Waals surface area (Å²) in [5.41, 5.74) is 1.71. The fourth-order valence-electron chi connectivity index (χ4n) is 2.29. The van der Waals surface area contributed by atoms with E-state index >= 15 is 0 Å². The van der Waals surface area contributed by atoms with Gasteiger partial charge in [0.15, 0.2) is 0 Å². The van der Waals surface area contributed by atoms with Crippen LogP contribution in [0.2, 0.25) is 0 Å². The van der Waals surface area contributed by atoms with E-state index in [4.69, 9.17) is 0 Å². The third-order valence-electron chi connectivity index (χ3n) is 3.81. The van der Waals surface area contributed by atoms with E-state index in [1.54, 1.807) is 6.07 Å². The molecule has 1 aromatic carbocycles. The van der Waals surface area contributed by atoms with Gasteiger partial charge in [-0.15, -0.1) is 0 Å². The number of hydrogen-bond acceptors (Lipinski definition) is 3. The Morgan fingerprint density at radius 2 is 2.05 bits per heavy atom. The lowest BCUT2D eigenvalue weighted by Crippen LogP contribution is -2.32. The van der Waals surface area contributed by atoms with Crippen LogP contribution in [0, 0.1) is 12.8 Å². The van der Waals surface area contributed by atoms with Crippen LogP contribution in [0.1, 0.15) is 30.4 Å². The Morgan fingerprint density at radius 1 is 1.35 bits per heavy atom. The van der Waals surface area contributed by atoms with Gasteiger partial charge in [0.25, 0.3) is 0 Å². The van der Waals surface area contributed by atoms with Crippen LogP contribution in [0.25, 0.3) is 0 Å². The first-order valence-electron chi connectivity index (χ1n) is 6.87. The van der Waals surface area contributed by atoms with Gasteiger partial charge in [-0.3, -0.25) is 0 Å². The summed E-state index contributed by atoms with van der Waals surface area (Å²) in [6.45, 7) is 3.02. The standard InChI is InChI=1S/C14H21BrN2O2S/c1-10-13(15)6-12(8-16-2)7-14(10)20(18,19)17-9-11-4-3-5-11/h6-7,11,16-17H,3-5,8-9H2,1-2H3. The highest BCUT2D eigenvalue weighted by atomic mass is 79.9. The van der Waals surface area contributed by atoms with Gasteiger partial charge < -0.3 is 5.32 Å². The number of sulfonamides is 1. The molecule has 1 saturated carbocycles. The number of halogens is 1. The fourth-order valence-corrected chi connectivity index (χ4v) is 4.36. The number of rotatable bonds is 6. The Hall–Kier alpha value is -0.430. The maximum Gasteiger partial charge on any atom is 0.240 e. The Kier molecular flexibility index (Phi) is 5.23. The Labute approximate surface area is 129 Å². The van der Waals surface area contributed by atoms with E-state index in [0.29, 0.717) is 23.9 Å². The molecule has 1 aliphatic carbocycles. The minimum Gasteiger partial charge on any atom is -0.316 e. The van der Waals surface area contributed by atoms with Gasteiger partial charge in [0.05, 0.1) is 4.90 Å². The zero-order valence-electron chi connectivity index (χ0n) is 11.9. The van der Waals surface area contributed by atoms with Crippen molar-refractivity contribution in [3.05, 3.63) is 27.7 Å². The van der Waals surface area contributed by atoms with Crippen molar-refractivity contribution in [2.75, 3.05) is 13.6 Å². The van der Waals surface area contributed by atoms with Crippen molar-refractivity contribution < 1.29 is 8.42 Å². The molecule has 1 aliphatic rings. The lowest BCUT2D eigenvalue weighted by atomic mass is 9.86. The predicted molar refractivity (Wildman–Crippen MR) is 84.2 cm³/mol. The summed E-state index contributed by atoms with van der Waals surface area (Å²) in [4.78, 5) is 0.372. The molecule has 1 fully saturated rings. The second-order valence-corrected chi connectivity index (χ2v) is 7.97. The maximum atomic E-state index is 12.5. The van der Waals surface area contributed by atoms with E-state index in [1.807, 2.05) is 20.0 Å². The molecule has 6 heteroatoms. The highest BCUT2D eigenvalue weighted by molar-refractivity contribution is 9.10. The second kappa shape index (κ2) is 6.56. The van der Waals surface area contributed by atoms with Gasteiger partial charge in [-0.2, -0.15) is 0 Å². The van der Waals surface area contributed by atoms with Crippen molar-refractivity contribution in [2.45, 2.75) is 37.6 Å². The van der Waals surface area contributed by atoms with E-state index < -0.39 is 10.0 Å². The van der Waals surface area contributed by atoms with Crippen LogP contribution >= 0.6 is 15.9 Å². The van der Waals surface area contributed by atoms with Crippen LogP contribution in [-0.4, -0.2) is 22.0 Å². The average molecular weight is 361 g/mol. The molecule has 0 aliphatic heterocycles. The first-order valence-corrected chi connectivity index (χ1v) is 9.15. The molecule has 0 saturated heterocycles. The van der Waals surface area contributed by atoms with E-state index in [0.717, 1.165) is 28.4 Å². The summed E-state index contributed by atoms with van der Waals surface area (Å²) in [5, 5.41) is 3.04. The summed E-state index contributed by atoms with van der Waals surface area (Å²) >= 11 is 3.44. The summed E-state index contributed by atoms with van der Waals surface area (Å²) in [6, 6.07) is 3.70. The minimum atomic E-state index is -3.43. The smallest absolute Gasteiger partial charge is 0.240 e. The largest absolute Gasteiger partial charge is 0.316 e. The van der Waals surface area contributed by atoms with E-state index in [9.17, 15) is 8.42 Å². The third kappa shape index (κ3) is 3.61. The topological polar surface area (TPSA) is 58.2 Å². The van der Waals surface area contributed by atoms with Gasteiger partial charge in [-0.05, 0) is 56.0 Å². The van der Waals surface area contributed by atoms with Gasteiger partial charge in [0.2, 0.25) is 10.0 Å². The zero-order valence-corrected chi connectivity index (χ0v) is 14.3. The molecule has 0 amide bonds. The van der Waals surface area contributed by atoms with Gasteiger partial charge in [0.1, 0.15) is 0 Å². The Morgan fingerprint density at radius 3 is 2.60 bits per heavy atom. The quantitative estimate of drug-likeness (QED) is 0.819. The number of nitrogens with one attached hydrogen (secondary N) is 2. The van der Waals surface area contributed by atoms with Crippen molar-refractivity contribution in [2.24, 2.45) is 5.92 Å². The van der Waals surface area contributed by atoms with Crippen LogP contribution in [-0.2, 0) is 16.6 Å². The zero-order chi connectivity index (χ0) is 14.8. The van der Waals surface area contributed by atoms with Crippen LogP contribution in [0.15, 0.2) is 21.5 Å². The van der Waals surface area contributed by atoms with Crippen LogP contribution in [0.3, 0.4) is 0 Å². The molecule has 0 unspecified atom stereocenters. The molecule has 1 aromatic rings. The summed E-state index contributed by atoms with van der Waals surface area (Å²) in [6.07, 6.45) is 3.48. The predicted octanol–water partition coefficient (Wildman–Crippen LogP) is 2.56. The molecule has 0 aromatic heterocycles. The van der Waals surface area contributed by atoms with Gasteiger partial charge in [-0.25, -0.2) is 13.1 Å². The van der Waals surface area contributed by atoms with Crippen molar-refractivity contribution in [3.8, 4) is 0 Å². The molecule has 0 heterocycles. The van der Waals surface area contributed by atoms with E-state index in [2.05, 4.69) is 26.0 Å². The summed E-state index contributed by atoms with van der Waals surface area (Å²) in [5.74, 6) is 0.508. The minimum absolute atomic E-state index is 0.372. The highest BCUT2D eigenvalue weighted by Crippen LogP contribution is 2.28. The molecule has 20 heavy (non-hydrogen) atoms. The molecule has 0 atom stereocenters. The third-order valence-corrected chi connectivity index (χ3v) is 6.19. The van der Waals surface area contributed by atoms with E-state index in [1.165, 1.54) is 6.42 Å². The summed E-state index contributed by atoms with van der Waals surface area (Å²) in [7, 11) is -1.59. The first-order chi connectivity index (χ1) is 9.44. The van der Waals surface area contributed by atoms with Gasteiger partial charge >= 0.3 is 0 Å². The van der Waals surface area contributed by atoms with Crippen LogP contribution in [0.4, 0.5) is 0 Å². The number of benzene rings is 1.